The number of hydrogen-bond donors (Lipinski definition) is 3. The maximum Gasteiger partial charge on any atom is 0.472 e. The summed E-state index contributed by atoms with van der Waals surface area (Å²) in [4.78, 5) is 34.5. The molecule has 1 unspecified atom stereocenters. The zero-order valence-corrected chi connectivity index (χ0v) is 29.0. The Hall–Kier alpha value is -1.55. The van der Waals surface area contributed by atoms with Gasteiger partial charge in [-0.2, -0.15) is 0 Å². The van der Waals surface area contributed by atoms with Crippen LogP contribution in [0.3, 0.4) is 0 Å². The molecule has 11 heteroatoms. The Morgan fingerprint density at radius 3 is 1.76 bits per heavy atom. The molecule has 0 aromatic heterocycles. The third-order valence-electron chi connectivity index (χ3n) is 7.11. The second-order valence-corrected chi connectivity index (χ2v) is 13.0. The molecule has 0 saturated heterocycles. The van der Waals surface area contributed by atoms with Gasteiger partial charge in [0.15, 0.2) is 6.10 Å². The van der Waals surface area contributed by atoms with Crippen molar-refractivity contribution in [1.82, 2.24) is 0 Å². The van der Waals surface area contributed by atoms with Crippen LogP contribution >= 0.6 is 7.82 Å². The van der Waals surface area contributed by atoms with E-state index in [-0.39, 0.29) is 19.4 Å². The number of aliphatic hydroxyl groups excluding tert-OH is 2. The fourth-order valence-electron chi connectivity index (χ4n) is 4.37. The predicted octanol–water partition coefficient (Wildman–Crippen LogP) is 7.88. The molecule has 0 spiro atoms. The summed E-state index contributed by atoms with van der Waals surface area (Å²) in [6, 6.07) is 0. The van der Waals surface area contributed by atoms with Crippen LogP contribution in [0.5, 0.6) is 0 Å². The normalized spacial score (nSPS) is 14.5. The number of esters is 2. The van der Waals surface area contributed by atoms with E-state index in [1.54, 1.807) is 0 Å². The van der Waals surface area contributed by atoms with Gasteiger partial charge < -0.3 is 24.6 Å². The summed E-state index contributed by atoms with van der Waals surface area (Å²) in [6.07, 6.45) is 26.1. The van der Waals surface area contributed by atoms with Crippen molar-refractivity contribution in [3.63, 3.8) is 0 Å². The van der Waals surface area contributed by atoms with E-state index in [4.69, 9.17) is 19.1 Å². The molecule has 0 amide bonds. The number of hydrogen-bond acceptors (Lipinski definition) is 9. The zero-order valence-electron chi connectivity index (χ0n) is 28.1. The van der Waals surface area contributed by atoms with Crippen molar-refractivity contribution in [2.45, 2.75) is 154 Å². The SMILES string of the molecule is CCCCCCCC/C=C/C/C=C/CCCCC(=O)OC[C@@H](COP(=O)(O)OC[C@H](O)CO)OC(=O)CCCCCCCCC. The first-order valence-corrected chi connectivity index (χ1v) is 18.8. The molecule has 0 heterocycles. The van der Waals surface area contributed by atoms with Gasteiger partial charge in [0, 0.05) is 12.8 Å². The standard InChI is InChI=1S/C34H63O10P/c1-3-5-7-9-11-12-13-14-15-16-17-18-20-21-23-25-33(37)41-29-32(30-43-45(39,40)42-28-31(36)27-35)44-34(38)26-24-22-19-10-8-6-4-2/h14-15,17-18,31-32,35-36H,3-13,16,19-30H2,1-2H3,(H,39,40)/b15-14+,18-17+/t31-,32+/m1/s1. The van der Waals surface area contributed by atoms with Gasteiger partial charge in [-0.1, -0.05) is 109 Å². The number of phosphoric acid groups is 1. The lowest BCUT2D eigenvalue weighted by molar-refractivity contribution is -0.161. The van der Waals surface area contributed by atoms with Gasteiger partial charge in [-0.25, -0.2) is 4.57 Å². The van der Waals surface area contributed by atoms with Gasteiger partial charge in [-0.3, -0.25) is 18.6 Å². The monoisotopic (exact) mass is 662 g/mol. The van der Waals surface area contributed by atoms with E-state index in [0.717, 1.165) is 44.9 Å². The third-order valence-corrected chi connectivity index (χ3v) is 8.06. The molecular formula is C34H63O10P. The van der Waals surface area contributed by atoms with Gasteiger partial charge in [0.1, 0.15) is 12.7 Å². The van der Waals surface area contributed by atoms with Gasteiger partial charge in [0.05, 0.1) is 19.8 Å². The first kappa shape index (κ1) is 43.5. The Balaban J connectivity index is 4.40. The molecule has 0 aromatic rings. The van der Waals surface area contributed by atoms with Crippen molar-refractivity contribution in [1.29, 1.82) is 0 Å². The summed E-state index contributed by atoms with van der Waals surface area (Å²) >= 11 is 0. The van der Waals surface area contributed by atoms with E-state index >= 15 is 0 Å². The summed E-state index contributed by atoms with van der Waals surface area (Å²) < 4.78 is 32.3. The first-order chi connectivity index (χ1) is 21.7. The van der Waals surface area contributed by atoms with E-state index in [9.17, 15) is 24.2 Å². The lowest BCUT2D eigenvalue weighted by Gasteiger charge is -2.20. The molecule has 0 aliphatic heterocycles. The van der Waals surface area contributed by atoms with Gasteiger partial charge >= 0.3 is 19.8 Å². The molecule has 0 saturated carbocycles. The van der Waals surface area contributed by atoms with Crippen LogP contribution in [0.25, 0.3) is 0 Å². The van der Waals surface area contributed by atoms with Crippen molar-refractivity contribution in [2.75, 3.05) is 26.4 Å². The van der Waals surface area contributed by atoms with Crippen molar-refractivity contribution in [2.24, 2.45) is 0 Å². The van der Waals surface area contributed by atoms with Crippen LogP contribution in [0.1, 0.15) is 142 Å². The molecule has 0 bridgehead atoms. The smallest absolute Gasteiger partial charge is 0.462 e. The number of carbonyl (C=O) groups excluding carboxylic acids is 2. The van der Waals surface area contributed by atoms with Crippen LogP contribution in [0.2, 0.25) is 0 Å². The molecule has 0 fully saturated rings. The molecular weight excluding hydrogens is 599 g/mol. The van der Waals surface area contributed by atoms with Crippen LogP contribution < -0.4 is 0 Å². The molecule has 45 heavy (non-hydrogen) atoms. The Morgan fingerprint density at radius 2 is 1.16 bits per heavy atom. The molecule has 0 aliphatic carbocycles. The van der Waals surface area contributed by atoms with Crippen LogP contribution in [0, 0.1) is 0 Å². The second kappa shape index (κ2) is 31.1. The van der Waals surface area contributed by atoms with Crippen molar-refractivity contribution in [3.8, 4) is 0 Å². The predicted molar refractivity (Wildman–Crippen MR) is 178 cm³/mol. The highest BCUT2D eigenvalue weighted by molar-refractivity contribution is 7.47. The minimum atomic E-state index is -4.60. The summed E-state index contributed by atoms with van der Waals surface area (Å²) in [7, 11) is -4.60. The summed E-state index contributed by atoms with van der Waals surface area (Å²) in [6.45, 7) is 2.25. The molecule has 0 radical (unpaired) electrons. The van der Waals surface area contributed by atoms with Gasteiger partial charge in [-0.15, -0.1) is 0 Å². The Labute approximate surface area is 272 Å². The highest BCUT2D eigenvalue weighted by Gasteiger charge is 2.27. The second-order valence-electron chi connectivity index (χ2n) is 11.5. The third kappa shape index (κ3) is 30.8. The summed E-state index contributed by atoms with van der Waals surface area (Å²) in [5.41, 5.74) is 0. The lowest BCUT2D eigenvalue weighted by atomic mass is 10.1. The lowest BCUT2D eigenvalue weighted by Crippen LogP contribution is -2.29. The number of aliphatic hydroxyl groups is 2. The van der Waals surface area contributed by atoms with E-state index in [1.807, 2.05) is 0 Å². The highest BCUT2D eigenvalue weighted by atomic mass is 31.2. The molecule has 10 nitrogen and oxygen atoms in total. The number of allylic oxidation sites excluding steroid dienone is 4. The molecule has 3 N–H and O–H groups in total. The number of phosphoric ester groups is 1. The Morgan fingerprint density at radius 1 is 0.667 bits per heavy atom. The summed E-state index contributed by atoms with van der Waals surface area (Å²) in [5.74, 6) is -0.971. The molecule has 0 rings (SSSR count). The molecule has 0 aliphatic rings. The number of ether oxygens (including phenoxy) is 2. The van der Waals surface area contributed by atoms with Crippen LogP contribution in [-0.2, 0) is 32.7 Å². The quantitative estimate of drug-likeness (QED) is 0.0281. The van der Waals surface area contributed by atoms with Crippen LogP contribution in [0.15, 0.2) is 24.3 Å². The van der Waals surface area contributed by atoms with Crippen molar-refractivity contribution in [3.05, 3.63) is 24.3 Å². The van der Waals surface area contributed by atoms with Crippen LogP contribution in [-0.4, -0.2) is 65.7 Å². The number of carbonyl (C=O) groups is 2. The molecule has 264 valence electrons. The maximum absolute atomic E-state index is 12.4. The van der Waals surface area contributed by atoms with Gasteiger partial charge in [0.2, 0.25) is 0 Å². The van der Waals surface area contributed by atoms with E-state index in [1.165, 1.54) is 57.8 Å². The average Bonchev–Trinajstić information content (AvgIpc) is 3.02. The van der Waals surface area contributed by atoms with E-state index < -0.39 is 51.8 Å². The van der Waals surface area contributed by atoms with E-state index in [2.05, 4.69) is 42.7 Å². The molecule has 0 aromatic carbocycles. The minimum absolute atomic E-state index is 0.177. The topological polar surface area (TPSA) is 149 Å². The maximum atomic E-state index is 12.4. The zero-order chi connectivity index (χ0) is 33.4. The Bertz CT molecular complexity index is 817. The van der Waals surface area contributed by atoms with Gasteiger partial charge in [-0.05, 0) is 44.9 Å². The fourth-order valence-corrected chi connectivity index (χ4v) is 5.16. The largest absolute Gasteiger partial charge is 0.472 e. The summed E-state index contributed by atoms with van der Waals surface area (Å²) in [5, 5.41) is 18.2. The minimum Gasteiger partial charge on any atom is -0.462 e. The fraction of sp³-hybridized carbons (Fsp3) is 0.824. The molecule has 3 atom stereocenters. The van der Waals surface area contributed by atoms with E-state index in [0.29, 0.717) is 12.8 Å². The van der Waals surface area contributed by atoms with Gasteiger partial charge in [0.25, 0.3) is 0 Å². The number of unbranched alkanes of at least 4 members (excludes halogenated alkanes) is 14. The van der Waals surface area contributed by atoms with Crippen LogP contribution in [0.4, 0.5) is 0 Å². The number of rotatable bonds is 32. The van der Waals surface area contributed by atoms with Crippen molar-refractivity contribution < 1.29 is 47.8 Å². The highest BCUT2D eigenvalue weighted by Crippen LogP contribution is 2.43. The first-order valence-electron chi connectivity index (χ1n) is 17.3. The Kier molecular flexibility index (Phi) is 30.0. The average molecular weight is 663 g/mol. The van der Waals surface area contributed by atoms with Crippen molar-refractivity contribution >= 4 is 19.8 Å².